The molecule has 0 spiro atoms. The molecule has 0 bridgehead atoms. The number of benzene rings is 1. The molecular weight excluding hydrogens is 255 g/mol. The highest BCUT2D eigenvalue weighted by Crippen LogP contribution is 2.49. The van der Waals surface area contributed by atoms with E-state index < -0.39 is 6.72 Å². The average Bonchev–Trinajstić information content (AvgIpc) is 2.30. The topological polar surface area (TPSA) is 27.7 Å². The molecule has 0 aliphatic heterocycles. The van der Waals surface area contributed by atoms with Crippen molar-refractivity contribution in [2.24, 2.45) is 0 Å². The van der Waals surface area contributed by atoms with E-state index in [-0.39, 0.29) is 0 Å². The van der Waals surface area contributed by atoms with Crippen LogP contribution in [-0.4, -0.2) is 13.2 Å². The largest absolute Gasteiger partial charge is 0.424 e. The smallest absolute Gasteiger partial charge is 0.380 e. The molecule has 0 heterocycles. The normalized spacial score (nSPS) is 11.2. The van der Waals surface area contributed by atoms with Crippen molar-refractivity contribution in [3.05, 3.63) is 36.4 Å². The van der Waals surface area contributed by atoms with Gasteiger partial charge in [-0.25, -0.2) is 0 Å². The van der Waals surface area contributed by atoms with E-state index in [4.69, 9.17) is 25.4 Å². The summed E-state index contributed by atoms with van der Waals surface area (Å²) in [6.45, 7) is 5.71. The maximum Gasteiger partial charge on any atom is 0.380 e. The first-order valence-electron chi connectivity index (χ1n) is 5.44. The van der Waals surface area contributed by atoms with E-state index in [9.17, 15) is 0 Å². The third-order valence-corrected chi connectivity index (χ3v) is 4.35. The zero-order valence-corrected chi connectivity index (χ0v) is 11.8. The minimum atomic E-state index is -2.66. The van der Waals surface area contributed by atoms with Crippen LogP contribution in [-0.2, 0) is 20.9 Å². The number of hydrogen-bond acceptors (Lipinski definition) is 4. The Morgan fingerprint density at radius 1 is 1.18 bits per heavy atom. The summed E-state index contributed by atoms with van der Waals surface area (Å²) in [5.74, 6) is 0.654. The van der Waals surface area contributed by atoms with E-state index in [1.807, 2.05) is 38.1 Å². The van der Waals surface area contributed by atoms with E-state index in [2.05, 4.69) is 6.58 Å². The van der Waals surface area contributed by atoms with Crippen molar-refractivity contribution < 1.29 is 13.6 Å². The zero-order valence-electron chi connectivity index (χ0n) is 10.1. The van der Waals surface area contributed by atoms with Crippen molar-refractivity contribution in [1.29, 1.82) is 0 Å². The van der Waals surface area contributed by atoms with Gasteiger partial charge in [0.1, 0.15) is 5.75 Å². The lowest BCUT2D eigenvalue weighted by molar-refractivity contribution is 0.218. The van der Waals surface area contributed by atoms with Crippen LogP contribution in [0.25, 0.3) is 6.08 Å². The highest BCUT2D eigenvalue weighted by atomic mass is 32.5. The highest BCUT2D eigenvalue weighted by Gasteiger charge is 2.20. The van der Waals surface area contributed by atoms with Gasteiger partial charge in [0, 0.05) is 11.8 Å². The quantitative estimate of drug-likeness (QED) is 0.701. The van der Waals surface area contributed by atoms with E-state index in [1.165, 1.54) is 0 Å². The maximum absolute atomic E-state index is 5.63. The predicted octanol–water partition coefficient (Wildman–Crippen LogP) is 4.01. The Hall–Kier alpha value is -0.670. The Morgan fingerprint density at radius 2 is 1.71 bits per heavy atom. The molecule has 1 aromatic carbocycles. The van der Waals surface area contributed by atoms with Crippen LogP contribution in [0.4, 0.5) is 0 Å². The van der Waals surface area contributed by atoms with E-state index in [0.29, 0.717) is 19.0 Å². The Bertz CT molecular complexity index is 393. The van der Waals surface area contributed by atoms with Crippen molar-refractivity contribution in [3.8, 4) is 5.75 Å². The molecule has 17 heavy (non-hydrogen) atoms. The second-order valence-electron chi connectivity index (χ2n) is 3.15. The highest BCUT2D eigenvalue weighted by molar-refractivity contribution is 8.07. The molecule has 3 nitrogen and oxygen atoms in total. The molecule has 0 aliphatic rings. The molecular formula is C12H17O3PS. The van der Waals surface area contributed by atoms with E-state index in [1.54, 1.807) is 6.08 Å². The molecule has 0 amide bonds. The lowest BCUT2D eigenvalue weighted by atomic mass is 10.2. The lowest BCUT2D eigenvalue weighted by Crippen LogP contribution is -2.01. The Balaban J connectivity index is 2.78. The molecule has 0 fully saturated rings. The molecule has 0 atom stereocenters. The van der Waals surface area contributed by atoms with E-state index in [0.717, 1.165) is 5.56 Å². The summed E-state index contributed by atoms with van der Waals surface area (Å²) in [7, 11) is 0. The molecule has 1 rings (SSSR count). The van der Waals surface area contributed by atoms with Crippen molar-refractivity contribution in [2.45, 2.75) is 13.8 Å². The molecule has 0 unspecified atom stereocenters. The van der Waals surface area contributed by atoms with Crippen molar-refractivity contribution >= 4 is 24.6 Å². The van der Waals surface area contributed by atoms with Crippen LogP contribution >= 0.6 is 6.72 Å². The second kappa shape index (κ2) is 6.92. The second-order valence-corrected chi connectivity index (χ2v) is 6.08. The minimum Gasteiger partial charge on any atom is -0.424 e. The van der Waals surface area contributed by atoms with Gasteiger partial charge in [0.25, 0.3) is 0 Å². The predicted molar refractivity (Wildman–Crippen MR) is 74.7 cm³/mol. The van der Waals surface area contributed by atoms with Gasteiger partial charge in [0.2, 0.25) is 0 Å². The summed E-state index contributed by atoms with van der Waals surface area (Å²) in [6.07, 6.45) is 1.77. The van der Waals surface area contributed by atoms with Gasteiger partial charge in [-0.1, -0.05) is 24.8 Å². The molecule has 0 N–H and O–H groups in total. The van der Waals surface area contributed by atoms with Crippen molar-refractivity contribution in [1.82, 2.24) is 0 Å². The first kappa shape index (κ1) is 14.4. The van der Waals surface area contributed by atoms with Crippen LogP contribution in [0.3, 0.4) is 0 Å². The third-order valence-electron chi connectivity index (χ3n) is 1.91. The molecule has 0 saturated heterocycles. The molecule has 1 aromatic rings. The van der Waals surface area contributed by atoms with Gasteiger partial charge in [-0.3, -0.25) is 9.05 Å². The molecule has 0 aliphatic carbocycles. The third kappa shape index (κ3) is 4.60. The summed E-state index contributed by atoms with van der Waals surface area (Å²) < 4.78 is 16.4. The van der Waals surface area contributed by atoms with Crippen LogP contribution in [0.1, 0.15) is 19.4 Å². The van der Waals surface area contributed by atoms with Gasteiger partial charge >= 0.3 is 6.72 Å². The molecule has 0 radical (unpaired) electrons. The Labute approximate surface area is 108 Å². The SMILES string of the molecule is C=Cc1ccc(OP(=S)(OCC)OCC)cc1. The van der Waals surface area contributed by atoms with Gasteiger partial charge in [-0.2, -0.15) is 0 Å². The molecule has 94 valence electrons. The fraction of sp³-hybridized carbons (Fsp3) is 0.333. The monoisotopic (exact) mass is 272 g/mol. The lowest BCUT2D eigenvalue weighted by Gasteiger charge is -2.20. The van der Waals surface area contributed by atoms with Crippen molar-refractivity contribution in [2.75, 3.05) is 13.2 Å². The van der Waals surface area contributed by atoms with Gasteiger partial charge in [0.15, 0.2) is 0 Å². The van der Waals surface area contributed by atoms with Gasteiger partial charge in [0.05, 0.1) is 13.2 Å². The standard InChI is InChI=1S/C12H17O3PS/c1-4-11-7-9-12(10-8-11)15-16(17,13-5-2)14-6-3/h4,7-10H,1,5-6H2,2-3H3. The van der Waals surface area contributed by atoms with Gasteiger partial charge < -0.3 is 4.52 Å². The fourth-order valence-electron chi connectivity index (χ4n) is 1.20. The summed E-state index contributed by atoms with van der Waals surface area (Å²) in [5, 5.41) is 0. The first-order valence-corrected chi connectivity index (χ1v) is 8.00. The van der Waals surface area contributed by atoms with Crippen LogP contribution in [0.15, 0.2) is 30.8 Å². The minimum absolute atomic E-state index is 0.474. The molecule has 0 aromatic heterocycles. The van der Waals surface area contributed by atoms with Crippen molar-refractivity contribution in [3.63, 3.8) is 0 Å². The maximum atomic E-state index is 5.63. The fourth-order valence-corrected chi connectivity index (χ4v) is 3.28. The Morgan fingerprint density at radius 3 is 2.12 bits per heavy atom. The molecule has 5 heteroatoms. The van der Waals surface area contributed by atoms with E-state index >= 15 is 0 Å². The summed E-state index contributed by atoms with van der Waals surface area (Å²) in [5.41, 5.74) is 1.03. The van der Waals surface area contributed by atoms with Gasteiger partial charge in [-0.15, -0.1) is 0 Å². The van der Waals surface area contributed by atoms with Crippen LogP contribution < -0.4 is 4.52 Å². The first-order chi connectivity index (χ1) is 8.13. The van der Waals surface area contributed by atoms with Crippen LogP contribution in [0.5, 0.6) is 5.75 Å². The summed E-state index contributed by atoms with van der Waals surface area (Å²) in [6, 6.07) is 7.46. The van der Waals surface area contributed by atoms with Crippen LogP contribution in [0, 0.1) is 0 Å². The average molecular weight is 272 g/mol. The number of rotatable bonds is 7. The number of hydrogen-bond donors (Lipinski definition) is 0. The zero-order chi connectivity index (χ0) is 12.7. The van der Waals surface area contributed by atoms with Gasteiger partial charge in [-0.05, 0) is 31.5 Å². The Kier molecular flexibility index (Phi) is 5.86. The molecule has 0 saturated carbocycles. The van der Waals surface area contributed by atoms with Crippen LogP contribution in [0.2, 0.25) is 0 Å². The summed E-state index contributed by atoms with van der Waals surface area (Å²) in [4.78, 5) is 0. The summed E-state index contributed by atoms with van der Waals surface area (Å²) >= 11 is 5.27.